The van der Waals surface area contributed by atoms with E-state index in [-0.39, 0.29) is 17.9 Å². The zero-order chi connectivity index (χ0) is 17.9. The molecule has 2 saturated heterocycles. The summed E-state index contributed by atoms with van der Waals surface area (Å²) in [5.41, 5.74) is 0. The number of rotatable bonds is 3. The van der Waals surface area contributed by atoms with Crippen molar-refractivity contribution in [2.75, 3.05) is 26.3 Å². The fourth-order valence-electron chi connectivity index (χ4n) is 3.81. The highest BCUT2D eigenvalue weighted by Gasteiger charge is 2.34. The lowest BCUT2D eigenvalue weighted by Crippen LogP contribution is -2.52. The minimum absolute atomic E-state index is 0.0268. The second-order valence-electron chi connectivity index (χ2n) is 7.04. The highest BCUT2D eigenvalue weighted by atomic mass is 16.5. The first-order chi connectivity index (χ1) is 12.7. The van der Waals surface area contributed by atoms with Crippen LogP contribution in [0, 0.1) is 5.92 Å². The molecule has 6 nitrogen and oxygen atoms in total. The third-order valence-electron chi connectivity index (χ3n) is 5.32. The number of nitrogens with zero attached hydrogens (tertiary/aromatic N) is 2. The van der Waals surface area contributed by atoms with Crippen LogP contribution in [0.2, 0.25) is 0 Å². The predicted molar refractivity (Wildman–Crippen MR) is 96.9 cm³/mol. The van der Waals surface area contributed by atoms with E-state index in [1.54, 1.807) is 17.3 Å². The first-order valence-corrected chi connectivity index (χ1v) is 9.26. The van der Waals surface area contributed by atoms with Crippen molar-refractivity contribution in [3.63, 3.8) is 0 Å². The number of fused-ring (bicyclic) bond motifs is 1. The lowest BCUT2D eigenvalue weighted by Gasteiger charge is -2.38. The largest absolute Gasteiger partial charge is 0.487 e. The number of β-amino-alcohol motifs (C(OH)–C–C–N with tert-alkyl or cyclic N) is 1. The van der Waals surface area contributed by atoms with Gasteiger partial charge in [-0.25, -0.2) is 0 Å². The number of aliphatic hydroxyl groups is 1. The molecule has 2 aromatic rings. The first-order valence-electron chi connectivity index (χ1n) is 9.26. The van der Waals surface area contributed by atoms with Gasteiger partial charge < -0.3 is 19.5 Å². The minimum atomic E-state index is -0.690. The summed E-state index contributed by atoms with van der Waals surface area (Å²) in [6.45, 7) is 2.24. The number of aromatic nitrogens is 1. The number of pyridine rings is 1. The molecule has 2 aliphatic rings. The van der Waals surface area contributed by atoms with Gasteiger partial charge in [-0.05, 0) is 25.0 Å². The highest BCUT2D eigenvalue weighted by Crippen LogP contribution is 2.28. The Kier molecular flexibility index (Phi) is 5.04. The van der Waals surface area contributed by atoms with Crippen LogP contribution in [0.5, 0.6) is 5.75 Å². The predicted octanol–water partition coefficient (Wildman–Crippen LogP) is 2.00. The van der Waals surface area contributed by atoms with Crippen LogP contribution in [0.4, 0.5) is 0 Å². The van der Waals surface area contributed by atoms with E-state index in [9.17, 15) is 9.90 Å². The van der Waals surface area contributed by atoms with E-state index in [1.165, 1.54) is 0 Å². The summed E-state index contributed by atoms with van der Waals surface area (Å²) in [5, 5.41) is 12.6. The van der Waals surface area contributed by atoms with Crippen LogP contribution in [-0.4, -0.2) is 59.4 Å². The van der Waals surface area contributed by atoms with E-state index < -0.39 is 6.10 Å². The number of amides is 1. The number of carbonyl (C=O) groups excluding carboxylic acids is 1. The maximum Gasteiger partial charge on any atom is 0.225 e. The fraction of sp³-hybridized carbons (Fsp3) is 0.500. The third kappa shape index (κ3) is 3.52. The molecule has 138 valence electrons. The summed E-state index contributed by atoms with van der Waals surface area (Å²) in [5.74, 6) is 0.916. The SMILES string of the molecule is O=C(C1CCOCC1)N1CC[C@@H](Oc2cccc3cnccc23)[C@H](O)C1. The minimum Gasteiger partial charge on any atom is -0.487 e. The number of ether oxygens (including phenoxy) is 2. The standard InChI is InChI=1S/C20H24N2O4/c23-17-13-22(20(24)14-6-10-25-11-7-14)9-5-19(17)26-18-3-1-2-15-12-21-8-4-16(15)18/h1-4,8,12,14,17,19,23H,5-7,9-11,13H2/t17-,19-/m1/s1. The average molecular weight is 356 g/mol. The van der Waals surface area contributed by atoms with E-state index in [1.807, 2.05) is 24.3 Å². The quantitative estimate of drug-likeness (QED) is 0.911. The van der Waals surface area contributed by atoms with Crippen molar-refractivity contribution in [2.45, 2.75) is 31.5 Å². The summed E-state index contributed by atoms with van der Waals surface area (Å²) in [4.78, 5) is 18.6. The normalized spacial score (nSPS) is 24.6. The molecule has 1 N–H and O–H groups in total. The maximum atomic E-state index is 12.7. The summed E-state index contributed by atoms with van der Waals surface area (Å²) in [6, 6.07) is 7.74. The van der Waals surface area contributed by atoms with Gasteiger partial charge in [0.15, 0.2) is 0 Å². The van der Waals surface area contributed by atoms with Crippen LogP contribution in [-0.2, 0) is 9.53 Å². The molecular weight excluding hydrogens is 332 g/mol. The van der Waals surface area contributed by atoms with Gasteiger partial charge in [0.05, 0.1) is 6.54 Å². The number of hydrogen-bond donors (Lipinski definition) is 1. The Morgan fingerprint density at radius 1 is 1.23 bits per heavy atom. The number of aliphatic hydroxyl groups excluding tert-OH is 1. The van der Waals surface area contributed by atoms with Gasteiger partial charge in [-0.15, -0.1) is 0 Å². The Morgan fingerprint density at radius 2 is 2.08 bits per heavy atom. The number of piperidine rings is 1. The van der Waals surface area contributed by atoms with Gasteiger partial charge >= 0.3 is 0 Å². The molecule has 0 saturated carbocycles. The van der Waals surface area contributed by atoms with E-state index >= 15 is 0 Å². The molecule has 0 aliphatic carbocycles. The molecule has 4 rings (SSSR count). The smallest absolute Gasteiger partial charge is 0.225 e. The van der Waals surface area contributed by atoms with E-state index in [2.05, 4.69) is 4.98 Å². The van der Waals surface area contributed by atoms with Crippen LogP contribution in [0.25, 0.3) is 10.8 Å². The topological polar surface area (TPSA) is 71.9 Å². The summed E-state index contributed by atoms with van der Waals surface area (Å²) >= 11 is 0. The van der Waals surface area contributed by atoms with Crippen LogP contribution in [0.15, 0.2) is 36.7 Å². The van der Waals surface area contributed by atoms with Gasteiger partial charge in [0.25, 0.3) is 0 Å². The number of carbonyl (C=O) groups is 1. The summed E-state index contributed by atoms with van der Waals surface area (Å²) < 4.78 is 11.5. The molecule has 0 spiro atoms. The fourth-order valence-corrected chi connectivity index (χ4v) is 3.81. The highest BCUT2D eigenvalue weighted by molar-refractivity contribution is 5.87. The molecule has 1 aromatic carbocycles. The Morgan fingerprint density at radius 3 is 2.88 bits per heavy atom. The van der Waals surface area contributed by atoms with Crippen molar-refractivity contribution in [1.82, 2.24) is 9.88 Å². The van der Waals surface area contributed by atoms with Crippen LogP contribution in [0.3, 0.4) is 0 Å². The van der Waals surface area contributed by atoms with Gasteiger partial charge in [-0.1, -0.05) is 12.1 Å². The van der Waals surface area contributed by atoms with Crippen LogP contribution < -0.4 is 4.74 Å². The molecule has 3 heterocycles. The van der Waals surface area contributed by atoms with Crippen molar-refractivity contribution in [3.8, 4) is 5.75 Å². The molecule has 26 heavy (non-hydrogen) atoms. The van der Waals surface area contributed by atoms with Gasteiger partial charge in [0.2, 0.25) is 5.91 Å². The van der Waals surface area contributed by atoms with Gasteiger partial charge in [-0.3, -0.25) is 9.78 Å². The third-order valence-corrected chi connectivity index (χ3v) is 5.32. The molecule has 2 atom stereocenters. The zero-order valence-corrected chi connectivity index (χ0v) is 14.7. The monoisotopic (exact) mass is 356 g/mol. The first kappa shape index (κ1) is 17.2. The van der Waals surface area contributed by atoms with Gasteiger partial charge in [0.1, 0.15) is 18.0 Å². The van der Waals surface area contributed by atoms with Crippen molar-refractivity contribution >= 4 is 16.7 Å². The van der Waals surface area contributed by atoms with Crippen molar-refractivity contribution < 1.29 is 19.4 Å². The molecule has 2 fully saturated rings. The number of likely N-dealkylation sites (tertiary alicyclic amines) is 1. The molecule has 1 aromatic heterocycles. The van der Waals surface area contributed by atoms with Crippen LogP contribution >= 0.6 is 0 Å². The Balaban J connectivity index is 1.41. The maximum absolute atomic E-state index is 12.7. The van der Waals surface area contributed by atoms with Crippen LogP contribution in [0.1, 0.15) is 19.3 Å². The number of hydrogen-bond acceptors (Lipinski definition) is 5. The molecule has 0 unspecified atom stereocenters. The summed E-state index contributed by atoms with van der Waals surface area (Å²) in [7, 11) is 0. The summed E-state index contributed by atoms with van der Waals surface area (Å²) in [6.07, 6.45) is 4.70. The number of benzene rings is 1. The second kappa shape index (κ2) is 7.60. The van der Waals surface area contributed by atoms with Gasteiger partial charge in [-0.2, -0.15) is 0 Å². The molecule has 6 heteroatoms. The van der Waals surface area contributed by atoms with Crippen molar-refractivity contribution in [2.24, 2.45) is 5.92 Å². The lowest BCUT2D eigenvalue weighted by atomic mass is 9.96. The zero-order valence-electron chi connectivity index (χ0n) is 14.7. The second-order valence-corrected chi connectivity index (χ2v) is 7.04. The average Bonchev–Trinajstić information content (AvgIpc) is 2.70. The van der Waals surface area contributed by atoms with Crippen molar-refractivity contribution in [1.29, 1.82) is 0 Å². The Hall–Kier alpha value is -2.18. The Bertz CT molecular complexity index is 770. The molecule has 0 radical (unpaired) electrons. The molecule has 2 aliphatic heterocycles. The van der Waals surface area contributed by atoms with E-state index in [0.717, 1.165) is 29.4 Å². The molecule has 1 amide bonds. The van der Waals surface area contributed by atoms with Gasteiger partial charge in [0, 0.05) is 55.3 Å². The van der Waals surface area contributed by atoms with E-state index in [4.69, 9.17) is 9.47 Å². The lowest BCUT2D eigenvalue weighted by molar-refractivity contribution is -0.144. The Labute approximate surface area is 152 Å². The van der Waals surface area contributed by atoms with E-state index in [0.29, 0.717) is 32.7 Å². The molecule has 0 bridgehead atoms. The van der Waals surface area contributed by atoms with Crippen molar-refractivity contribution in [3.05, 3.63) is 36.7 Å². The molecular formula is C20H24N2O4.